The second kappa shape index (κ2) is 3.18. The molecule has 0 atom stereocenters. The van der Waals surface area contributed by atoms with Gasteiger partial charge in [0.25, 0.3) is 0 Å². The van der Waals surface area contributed by atoms with Crippen LogP contribution in [-0.4, -0.2) is 16.6 Å². The van der Waals surface area contributed by atoms with Crippen molar-refractivity contribution < 1.29 is 0 Å². The molecule has 0 saturated carbocycles. The fraction of sp³-hybridized carbons (Fsp3) is 0.300. The predicted molar refractivity (Wildman–Crippen MR) is 53.5 cm³/mol. The van der Waals surface area contributed by atoms with Gasteiger partial charge in [-0.1, -0.05) is 0 Å². The van der Waals surface area contributed by atoms with E-state index in [1.54, 1.807) is 0 Å². The van der Waals surface area contributed by atoms with Crippen molar-refractivity contribution >= 4 is 11.0 Å². The number of nitrogens with zero attached hydrogens (tertiary/aromatic N) is 2. The van der Waals surface area contributed by atoms with Crippen LogP contribution in [0.25, 0.3) is 11.0 Å². The average molecular weight is 175 g/mol. The van der Waals surface area contributed by atoms with Gasteiger partial charge in [0.2, 0.25) is 0 Å². The van der Waals surface area contributed by atoms with Crippen LogP contribution in [0.1, 0.15) is 5.56 Å². The zero-order chi connectivity index (χ0) is 9.26. The first-order valence-electron chi connectivity index (χ1n) is 4.36. The summed E-state index contributed by atoms with van der Waals surface area (Å²) in [5.74, 6) is 0. The number of pyridine rings is 1. The minimum atomic E-state index is 0.869. The molecule has 0 radical (unpaired) electrons. The van der Waals surface area contributed by atoms with E-state index in [2.05, 4.69) is 20.9 Å². The monoisotopic (exact) mass is 175 g/mol. The molecule has 0 spiro atoms. The van der Waals surface area contributed by atoms with Crippen molar-refractivity contribution in [3.05, 3.63) is 30.1 Å². The van der Waals surface area contributed by atoms with Gasteiger partial charge in [-0.25, -0.2) is 0 Å². The van der Waals surface area contributed by atoms with E-state index in [-0.39, 0.29) is 0 Å². The van der Waals surface area contributed by atoms with Gasteiger partial charge in [0.05, 0.1) is 11.0 Å². The van der Waals surface area contributed by atoms with Crippen LogP contribution in [0.4, 0.5) is 0 Å². The zero-order valence-electron chi connectivity index (χ0n) is 7.91. The van der Waals surface area contributed by atoms with Gasteiger partial charge in [-0.05, 0) is 24.7 Å². The molecule has 2 aromatic heterocycles. The molecule has 0 aliphatic rings. The Balaban J connectivity index is 2.53. The number of aryl methyl sites for hydroxylation is 1. The van der Waals surface area contributed by atoms with Crippen molar-refractivity contribution in [2.45, 2.75) is 6.54 Å². The van der Waals surface area contributed by atoms with Gasteiger partial charge in [-0.15, -0.1) is 0 Å². The lowest BCUT2D eigenvalue weighted by molar-refractivity contribution is 0.814. The summed E-state index contributed by atoms with van der Waals surface area (Å²) in [4.78, 5) is 4.36. The topological polar surface area (TPSA) is 29.9 Å². The van der Waals surface area contributed by atoms with Crippen LogP contribution in [0.15, 0.2) is 24.5 Å². The van der Waals surface area contributed by atoms with E-state index in [4.69, 9.17) is 0 Å². The minimum Gasteiger partial charge on any atom is -0.349 e. The summed E-state index contributed by atoms with van der Waals surface area (Å²) in [6.45, 7) is 0.869. The third-order valence-electron chi connectivity index (χ3n) is 2.17. The third-order valence-corrected chi connectivity index (χ3v) is 2.17. The quantitative estimate of drug-likeness (QED) is 0.745. The molecule has 0 bridgehead atoms. The van der Waals surface area contributed by atoms with E-state index in [9.17, 15) is 0 Å². The highest BCUT2D eigenvalue weighted by Crippen LogP contribution is 2.13. The lowest BCUT2D eigenvalue weighted by atomic mass is 10.2. The lowest BCUT2D eigenvalue weighted by Crippen LogP contribution is -2.05. The van der Waals surface area contributed by atoms with Gasteiger partial charge in [-0.3, -0.25) is 4.98 Å². The molecule has 2 heterocycles. The van der Waals surface area contributed by atoms with Crippen molar-refractivity contribution in [1.82, 2.24) is 14.9 Å². The summed E-state index contributed by atoms with van der Waals surface area (Å²) in [5.41, 5.74) is 3.46. The van der Waals surface area contributed by atoms with Crippen LogP contribution in [0.2, 0.25) is 0 Å². The summed E-state index contributed by atoms with van der Waals surface area (Å²) < 4.78 is 2.08. The van der Waals surface area contributed by atoms with Gasteiger partial charge >= 0.3 is 0 Å². The van der Waals surface area contributed by atoms with Crippen LogP contribution in [0.3, 0.4) is 0 Å². The molecule has 0 unspecified atom stereocenters. The smallest absolute Gasteiger partial charge is 0.0881 e. The number of hydrogen-bond acceptors (Lipinski definition) is 2. The molecule has 13 heavy (non-hydrogen) atoms. The fourth-order valence-corrected chi connectivity index (χ4v) is 1.48. The SMILES string of the molecule is CNCc1cnc2ccn(C)c2c1. The van der Waals surface area contributed by atoms with Crippen molar-refractivity contribution in [2.75, 3.05) is 7.05 Å². The average Bonchev–Trinajstić information content (AvgIpc) is 2.49. The number of aromatic nitrogens is 2. The standard InChI is InChI=1S/C10H13N3/c1-11-6-8-5-10-9(12-7-8)3-4-13(10)2/h3-5,7,11H,6H2,1-2H3. The second-order valence-electron chi connectivity index (χ2n) is 3.20. The van der Waals surface area contributed by atoms with Crippen LogP contribution < -0.4 is 5.32 Å². The van der Waals surface area contributed by atoms with E-state index in [1.165, 1.54) is 11.1 Å². The van der Waals surface area contributed by atoms with Gasteiger partial charge < -0.3 is 9.88 Å². The van der Waals surface area contributed by atoms with E-state index in [0.29, 0.717) is 0 Å². The Morgan fingerprint density at radius 2 is 2.38 bits per heavy atom. The first-order chi connectivity index (χ1) is 6.31. The molecule has 1 N–H and O–H groups in total. The highest BCUT2D eigenvalue weighted by Gasteiger charge is 1.99. The van der Waals surface area contributed by atoms with Gasteiger partial charge in [0, 0.05) is 26.0 Å². The first kappa shape index (κ1) is 8.26. The molecule has 0 saturated heterocycles. The van der Waals surface area contributed by atoms with Crippen LogP contribution in [0, 0.1) is 0 Å². The van der Waals surface area contributed by atoms with Crippen molar-refractivity contribution in [3.8, 4) is 0 Å². The highest BCUT2D eigenvalue weighted by molar-refractivity contribution is 5.75. The molecule has 0 aromatic carbocycles. The maximum atomic E-state index is 4.36. The Morgan fingerprint density at radius 1 is 1.54 bits per heavy atom. The summed E-state index contributed by atoms with van der Waals surface area (Å²) in [6.07, 6.45) is 3.94. The van der Waals surface area contributed by atoms with Crippen LogP contribution in [0.5, 0.6) is 0 Å². The maximum Gasteiger partial charge on any atom is 0.0881 e. The first-order valence-corrected chi connectivity index (χ1v) is 4.36. The summed E-state index contributed by atoms with van der Waals surface area (Å²) in [6, 6.07) is 4.19. The normalized spacial score (nSPS) is 10.9. The summed E-state index contributed by atoms with van der Waals surface area (Å²) in [5, 5.41) is 3.11. The molecule has 0 aliphatic heterocycles. The second-order valence-corrected chi connectivity index (χ2v) is 3.20. The Labute approximate surface area is 77.4 Å². The van der Waals surface area contributed by atoms with Crippen molar-refractivity contribution in [2.24, 2.45) is 7.05 Å². The molecule has 3 nitrogen and oxygen atoms in total. The van der Waals surface area contributed by atoms with E-state index < -0.39 is 0 Å². The molecule has 2 rings (SSSR count). The van der Waals surface area contributed by atoms with Crippen LogP contribution in [-0.2, 0) is 13.6 Å². The van der Waals surface area contributed by atoms with Crippen molar-refractivity contribution in [1.29, 1.82) is 0 Å². The van der Waals surface area contributed by atoms with Crippen molar-refractivity contribution in [3.63, 3.8) is 0 Å². The van der Waals surface area contributed by atoms with Crippen LogP contribution >= 0.6 is 0 Å². The third kappa shape index (κ3) is 1.42. The minimum absolute atomic E-state index is 0.869. The molecule has 3 heteroatoms. The molecule has 0 aliphatic carbocycles. The summed E-state index contributed by atoms with van der Waals surface area (Å²) in [7, 11) is 3.97. The Hall–Kier alpha value is -1.35. The van der Waals surface area contributed by atoms with E-state index in [0.717, 1.165) is 12.1 Å². The molecule has 0 amide bonds. The molecular weight excluding hydrogens is 162 g/mol. The maximum absolute atomic E-state index is 4.36. The highest BCUT2D eigenvalue weighted by atomic mass is 14.9. The fourth-order valence-electron chi connectivity index (χ4n) is 1.48. The largest absolute Gasteiger partial charge is 0.349 e. The van der Waals surface area contributed by atoms with E-state index in [1.807, 2.05) is 32.6 Å². The number of hydrogen-bond donors (Lipinski definition) is 1. The Kier molecular flexibility index (Phi) is 2.02. The lowest BCUT2D eigenvalue weighted by Gasteiger charge is -2.00. The number of fused-ring (bicyclic) bond motifs is 1. The Morgan fingerprint density at radius 3 is 3.15 bits per heavy atom. The molecule has 2 aromatic rings. The molecular formula is C10H13N3. The van der Waals surface area contributed by atoms with E-state index >= 15 is 0 Å². The zero-order valence-corrected chi connectivity index (χ0v) is 7.91. The number of nitrogens with one attached hydrogen (secondary N) is 1. The van der Waals surface area contributed by atoms with Gasteiger partial charge in [0.15, 0.2) is 0 Å². The summed E-state index contributed by atoms with van der Waals surface area (Å²) >= 11 is 0. The van der Waals surface area contributed by atoms with Gasteiger partial charge in [-0.2, -0.15) is 0 Å². The predicted octanol–water partition coefficient (Wildman–Crippen LogP) is 1.29. The molecule has 0 fully saturated rings. The van der Waals surface area contributed by atoms with Gasteiger partial charge in [0.1, 0.15) is 0 Å². The molecule has 68 valence electrons. The Bertz CT molecular complexity index is 417. The number of rotatable bonds is 2.